The number of hydrogen-bond donors (Lipinski definition) is 2. The molecule has 0 aromatic heterocycles. The van der Waals surface area contributed by atoms with Gasteiger partial charge in [-0.1, -0.05) is 12.1 Å². The van der Waals surface area contributed by atoms with E-state index in [-0.39, 0.29) is 48.8 Å². The Hall–Kier alpha value is -3.96. The van der Waals surface area contributed by atoms with Gasteiger partial charge in [-0.3, -0.25) is 0 Å². The van der Waals surface area contributed by atoms with E-state index in [2.05, 4.69) is 0 Å². The van der Waals surface area contributed by atoms with E-state index in [4.69, 9.17) is 37.9 Å². The van der Waals surface area contributed by atoms with E-state index in [1.54, 1.807) is 12.1 Å². The van der Waals surface area contributed by atoms with Crippen molar-refractivity contribution in [3.05, 3.63) is 48.5 Å². The summed E-state index contributed by atoms with van der Waals surface area (Å²) in [6, 6.07) is 14.6. The Labute approximate surface area is 249 Å². The van der Waals surface area contributed by atoms with Gasteiger partial charge in [0.25, 0.3) is 0 Å². The predicted molar refractivity (Wildman–Crippen MR) is 159 cm³/mol. The van der Waals surface area contributed by atoms with E-state index >= 15 is 0 Å². The summed E-state index contributed by atoms with van der Waals surface area (Å²) in [5.41, 5.74) is 0.691. The summed E-state index contributed by atoms with van der Waals surface area (Å²) in [4.78, 5) is 0. The number of ether oxygens (including phenoxy) is 8. The molecule has 4 aromatic carbocycles. The minimum Gasteiger partial charge on any atom is -0.504 e. The second-order valence-corrected chi connectivity index (χ2v) is 11.1. The van der Waals surface area contributed by atoms with Crippen LogP contribution in [0.3, 0.4) is 0 Å². The average Bonchev–Trinajstić information content (AvgIpc) is 3.28. The molecule has 0 radical (unpaired) electrons. The monoisotopic (exact) mass is 592 g/mol. The molecule has 0 saturated carbocycles. The van der Waals surface area contributed by atoms with Crippen LogP contribution in [0.25, 0.3) is 32.7 Å². The lowest BCUT2D eigenvalue weighted by molar-refractivity contribution is -0.147. The average molecular weight is 593 g/mol. The fourth-order valence-corrected chi connectivity index (χ4v) is 5.81. The Morgan fingerprint density at radius 3 is 1.56 bits per heavy atom. The highest BCUT2D eigenvalue weighted by Gasteiger charge is 2.40. The summed E-state index contributed by atoms with van der Waals surface area (Å²) < 4.78 is 46.5. The molecule has 4 aromatic rings. The van der Waals surface area contributed by atoms with Gasteiger partial charge in [0.1, 0.15) is 11.5 Å². The van der Waals surface area contributed by atoms with Crippen molar-refractivity contribution in [2.75, 3.05) is 41.0 Å². The molecule has 10 heteroatoms. The Kier molecular flexibility index (Phi) is 8.11. The normalized spacial score (nSPS) is 19.7. The molecule has 2 atom stereocenters. The Morgan fingerprint density at radius 2 is 1.14 bits per heavy atom. The molecule has 2 aliphatic rings. The number of rotatable bonds is 6. The maximum atomic E-state index is 11.7. The number of phenolic OH excluding ortho intramolecular Hbond substituents is 2. The molecule has 2 aliphatic heterocycles. The van der Waals surface area contributed by atoms with E-state index in [9.17, 15) is 10.2 Å². The quantitative estimate of drug-likeness (QED) is 0.254. The topological polar surface area (TPSA) is 114 Å². The van der Waals surface area contributed by atoms with E-state index in [0.717, 1.165) is 10.8 Å². The first-order chi connectivity index (χ1) is 20.8. The lowest BCUT2D eigenvalue weighted by atomic mass is 9.91. The van der Waals surface area contributed by atoms with Crippen LogP contribution in [0.5, 0.6) is 34.5 Å². The van der Waals surface area contributed by atoms with E-state index in [1.807, 2.05) is 50.2 Å². The van der Waals surface area contributed by atoms with Gasteiger partial charge in [0.15, 0.2) is 42.4 Å². The van der Waals surface area contributed by atoms with Crippen molar-refractivity contribution in [1.29, 1.82) is 0 Å². The molecule has 4 bridgehead atoms. The highest BCUT2D eigenvalue weighted by molar-refractivity contribution is 6.12. The molecule has 0 amide bonds. The van der Waals surface area contributed by atoms with Crippen LogP contribution in [-0.4, -0.2) is 69.2 Å². The van der Waals surface area contributed by atoms with Gasteiger partial charge >= 0.3 is 0 Å². The molecule has 10 nitrogen and oxygen atoms in total. The number of aromatic hydroxyl groups is 2. The van der Waals surface area contributed by atoms with Gasteiger partial charge in [-0.25, -0.2) is 0 Å². The second kappa shape index (κ2) is 12.0. The highest BCUT2D eigenvalue weighted by Crippen LogP contribution is 2.52. The van der Waals surface area contributed by atoms with Crippen molar-refractivity contribution in [2.45, 2.75) is 44.7 Å². The van der Waals surface area contributed by atoms with Crippen LogP contribution in [0, 0.1) is 0 Å². The highest BCUT2D eigenvalue weighted by atomic mass is 16.8. The maximum absolute atomic E-state index is 11.7. The Balaban J connectivity index is 1.58. The van der Waals surface area contributed by atoms with Gasteiger partial charge in [0.2, 0.25) is 0 Å². The molecular weight excluding hydrogens is 556 g/mol. The van der Waals surface area contributed by atoms with Crippen molar-refractivity contribution >= 4 is 21.5 Å². The summed E-state index contributed by atoms with van der Waals surface area (Å²) in [6.45, 7) is 4.44. The van der Waals surface area contributed by atoms with Crippen molar-refractivity contribution in [3.8, 4) is 45.6 Å². The summed E-state index contributed by atoms with van der Waals surface area (Å²) in [7, 11) is 3.00. The number of benzene rings is 4. The molecule has 43 heavy (non-hydrogen) atoms. The third-order valence-electron chi connectivity index (χ3n) is 7.64. The number of fused-ring (bicyclic) bond motifs is 4. The van der Waals surface area contributed by atoms with Crippen molar-refractivity contribution in [1.82, 2.24) is 0 Å². The lowest BCUT2D eigenvalue weighted by Crippen LogP contribution is -2.26. The summed E-state index contributed by atoms with van der Waals surface area (Å²) >= 11 is 0. The number of methoxy groups -OCH3 is 2. The fraction of sp³-hybridized carbons (Fsp3) is 0.394. The zero-order chi connectivity index (χ0) is 30.1. The molecule has 228 valence electrons. The predicted octanol–water partition coefficient (Wildman–Crippen LogP) is 6.11. The first-order valence-electron chi connectivity index (χ1n) is 14.2. The van der Waals surface area contributed by atoms with Crippen LogP contribution in [0.15, 0.2) is 48.5 Å². The molecule has 2 N–H and O–H groups in total. The van der Waals surface area contributed by atoms with E-state index in [1.165, 1.54) is 14.2 Å². The van der Waals surface area contributed by atoms with Crippen molar-refractivity contribution in [2.24, 2.45) is 0 Å². The van der Waals surface area contributed by atoms with Crippen LogP contribution < -0.4 is 18.9 Å². The van der Waals surface area contributed by atoms with E-state index < -0.39 is 5.79 Å². The SMILES string of the molecule is COCOc1cc2ccc3cc2c(c1O)-c1c(O)c(OCOC)cc2ccc(cc12)OCC[C@H]1OC(C)(C)O[C@@H]1CCO3. The minimum atomic E-state index is -0.700. The number of phenols is 2. The largest absolute Gasteiger partial charge is 0.504 e. The third-order valence-corrected chi connectivity index (χ3v) is 7.64. The first-order valence-corrected chi connectivity index (χ1v) is 14.2. The number of hydrogen-bond acceptors (Lipinski definition) is 10. The zero-order valence-electron chi connectivity index (χ0n) is 24.7. The molecule has 1 fully saturated rings. The summed E-state index contributed by atoms with van der Waals surface area (Å²) in [5.74, 6) is 0.548. The van der Waals surface area contributed by atoms with Gasteiger partial charge in [-0.2, -0.15) is 0 Å². The molecule has 0 unspecified atom stereocenters. The minimum absolute atomic E-state index is 0.0772. The molecule has 2 heterocycles. The van der Waals surface area contributed by atoms with Gasteiger partial charge in [-0.05, 0) is 71.8 Å². The molecule has 0 aliphatic carbocycles. The summed E-state index contributed by atoms with van der Waals surface area (Å²) in [6.07, 6.45) is 0.920. The molecule has 1 saturated heterocycles. The maximum Gasteiger partial charge on any atom is 0.188 e. The van der Waals surface area contributed by atoms with Gasteiger partial charge in [-0.15, -0.1) is 0 Å². The van der Waals surface area contributed by atoms with Crippen molar-refractivity contribution < 1.29 is 48.1 Å². The van der Waals surface area contributed by atoms with Crippen LogP contribution in [0.1, 0.15) is 26.7 Å². The second-order valence-electron chi connectivity index (χ2n) is 11.1. The molecule has 6 rings (SSSR count). The van der Waals surface area contributed by atoms with Gasteiger partial charge in [0.05, 0.1) is 25.4 Å². The van der Waals surface area contributed by atoms with Crippen molar-refractivity contribution in [3.63, 3.8) is 0 Å². The third kappa shape index (κ3) is 5.83. The Bertz CT molecular complexity index is 1510. The lowest BCUT2D eigenvalue weighted by Gasteiger charge is -2.21. The smallest absolute Gasteiger partial charge is 0.188 e. The standard InChI is InChI=1S/C33H36O10/c1-33(2)42-25-9-11-38-21-7-5-19-13-27(40-17-36-3)31(34)29(23(19)15-21)30-24-16-22(39-12-10-26(25)43-33)8-6-20(24)14-28(32(30)35)41-18-37-4/h5-8,13-16,25-26,34-35H,9-12,17-18H2,1-4H3/t25-,26-/m1/s1. The van der Waals surface area contributed by atoms with Gasteiger partial charge < -0.3 is 48.1 Å². The van der Waals surface area contributed by atoms with Gasteiger partial charge in [0, 0.05) is 38.2 Å². The molecular formula is C33H36O10. The summed E-state index contributed by atoms with van der Waals surface area (Å²) in [5, 5.41) is 26.2. The molecule has 0 spiro atoms. The van der Waals surface area contributed by atoms with Crippen LogP contribution >= 0.6 is 0 Å². The van der Waals surface area contributed by atoms with Crippen LogP contribution in [0.4, 0.5) is 0 Å². The van der Waals surface area contributed by atoms with Crippen LogP contribution in [0.2, 0.25) is 0 Å². The van der Waals surface area contributed by atoms with E-state index in [0.29, 0.717) is 59.5 Å². The Morgan fingerprint density at radius 1 is 0.698 bits per heavy atom. The fourth-order valence-electron chi connectivity index (χ4n) is 5.81. The first kappa shape index (κ1) is 29.1. The van der Waals surface area contributed by atoms with Crippen LogP contribution in [-0.2, 0) is 18.9 Å². The zero-order valence-corrected chi connectivity index (χ0v) is 24.7.